The molecule has 0 N–H and O–H groups in total. The average molecular weight is 371 g/mol. The van der Waals surface area contributed by atoms with E-state index in [0.717, 1.165) is 50.9 Å². The number of fused-ring (bicyclic) bond motifs is 2. The van der Waals surface area contributed by atoms with E-state index in [1.54, 1.807) is 0 Å². The highest BCUT2D eigenvalue weighted by molar-refractivity contribution is 5.85. The number of carbonyl (C=O) groups is 1. The zero-order chi connectivity index (χ0) is 19.5. The van der Waals surface area contributed by atoms with Crippen LogP contribution in [-0.2, 0) is 17.6 Å². The van der Waals surface area contributed by atoms with Gasteiger partial charge in [-0.2, -0.15) is 5.26 Å². The van der Waals surface area contributed by atoms with Gasteiger partial charge in [-0.25, -0.2) is 0 Å². The van der Waals surface area contributed by atoms with Crippen molar-refractivity contribution in [2.45, 2.75) is 45.4 Å². The Labute approximate surface area is 166 Å². The predicted octanol–water partition coefficient (Wildman–Crippen LogP) is 4.28. The maximum Gasteiger partial charge on any atom is 0.222 e. The number of benzene rings is 1. The summed E-state index contributed by atoms with van der Waals surface area (Å²) in [5.74, 6) is 0.269. The third kappa shape index (κ3) is 3.45. The number of nitriles is 1. The Morgan fingerprint density at radius 2 is 1.93 bits per heavy atom. The van der Waals surface area contributed by atoms with Crippen molar-refractivity contribution in [3.05, 3.63) is 70.0 Å². The summed E-state index contributed by atoms with van der Waals surface area (Å²) in [5, 5.41) is 9.31. The molecule has 1 aromatic carbocycles. The quantitative estimate of drug-likeness (QED) is 0.792. The third-order valence-electron chi connectivity index (χ3n) is 5.83. The summed E-state index contributed by atoms with van der Waals surface area (Å²) in [6, 6.07) is 12.5. The highest BCUT2D eigenvalue weighted by Crippen LogP contribution is 2.38. The van der Waals surface area contributed by atoms with Gasteiger partial charge < -0.3 is 4.90 Å². The van der Waals surface area contributed by atoms with E-state index in [9.17, 15) is 10.1 Å². The average Bonchev–Trinajstić information content (AvgIpc) is 2.90. The number of pyridine rings is 1. The molecule has 2 heterocycles. The SMILES string of the molecule is CCCC(=O)N1CCC(=C2c3ccc(C#N)cc3CCc3cccnc32)CC1. The highest BCUT2D eigenvalue weighted by Gasteiger charge is 2.26. The Morgan fingerprint density at radius 1 is 1.14 bits per heavy atom. The summed E-state index contributed by atoms with van der Waals surface area (Å²) in [4.78, 5) is 19.0. The van der Waals surface area contributed by atoms with Crippen molar-refractivity contribution >= 4 is 11.5 Å². The van der Waals surface area contributed by atoms with Gasteiger partial charge >= 0.3 is 0 Å². The fraction of sp³-hybridized carbons (Fsp3) is 0.375. The van der Waals surface area contributed by atoms with E-state index in [0.29, 0.717) is 12.0 Å². The van der Waals surface area contributed by atoms with Gasteiger partial charge in [0.2, 0.25) is 5.91 Å². The zero-order valence-electron chi connectivity index (χ0n) is 16.4. The lowest BCUT2D eigenvalue weighted by atomic mass is 9.88. The van der Waals surface area contributed by atoms with Gasteiger partial charge in [-0.3, -0.25) is 9.78 Å². The van der Waals surface area contributed by atoms with Crippen molar-refractivity contribution in [2.75, 3.05) is 13.1 Å². The Kier molecular flexibility index (Phi) is 5.25. The van der Waals surface area contributed by atoms with Crippen LogP contribution in [0.1, 0.15) is 60.6 Å². The van der Waals surface area contributed by atoms with Gasteiger partial charge in [0.05, 0.1) is 17.3 Å². The van der Waals surface area contributed by atoms with Gasteiger partial charge in [0, 0.05) is 31.3 Å². The molecule has 0 bridgehead atoms. The van der Waals surface area contributed by atoms with Crippen LogP contribution in [0, 0.1) is 11.3 Å². The molecule has 0 atom stereocenters. The minimum Gasteiger partial charge on any atom is -0.342 e. The third-order valence-corrected chi connectivity index (χ3v) is 5.83. The summed E-state index contributed by atoms with van der Waals surface area (Å²) < 4.78 is 0. The molecular weight excluding hydrogens is 346 g/mol. The zero-order valence-corrected chi connectivity index (χ0v) is 16.4. The summed E-state index contributed by atoms with van der Waals surface area (Å²) in [5.41, 5.74) is 8.10. The Balaban J connectivity index is 1.77. The molecule has 1 fully saturated rings. The van der Waals surface area contributed by atoms with E-state index >= 15 is 0 Å². The molecule has 1 aromatic heterocycles. The summed E-state index contributed by atoms with van der Waals surface area (Å²) in [6.45, 7) is 3.62. The molecule has 142 valence electrons. The second-order valence-corrected chi connectivity index (χ2v) is 7.60. The van der Waals surface area contributed by atoms with Crippen LogP contribution in [0.3, 0.4) is 0 Å². The Morgan fingerprint density at radius 3 is 2.68 bits per heavy atom. The molecule has 1 aliphatic carbocycles. The van der Waals surface area contributed by atoms with E-state index in [1.807, 2.05) is 29.3 Å². The molecule has 0 spiro atoms. The smallest absolute Gasteiger partial charge is 0.222 e. The number of aromatic nitrogens is 1. The lowest BCUT2D eigenvalue weighted by Crippen LogP contribution is -2.36. The maximum absolute atomic E-state index is 12.3. The number of amides is 1. The second-order valence-electron chi connectivity index (χ2n) is 7.60. The van der Waals surface area contributed by atoms with Crippen molar-refractivity contribution in [2.24, 2.45) is 0 Å². The van der Waals surface area contributed by atoms with Crippen molar-refractivity contribution in [1.82, 2.24) is 9.88 Å². The lowest BCUT2D eigenvalue weighted by molar-refractivity contribution is -0.131. The largest absolute Gasteiger partial charge is 0.342 e. The second kappa shape index (κ2) is 7.98. The minimum absolute atomic E-state index is 0.269. The van der Waals surface area contributed by atoms with Gasteiger partial charge in [-0.1, -0.05) is 24.6 Å². The number of aryl methyl sites for hydroxylation is 2. The van der Waals surface area contributed by atoms with Crippen LogP contribution in [0.25, 0.3) is 5.57 Å². The van der Waals surface area contributed by atoms with Crippen LogP contribution < -0.4 is 0 Å². The first-order valence-corrected chi connectivity index (χ1v) is 10.2. The van der Waals surface area contributed by atoms with E-state index in [4.69, 9.17) is 4.98 Å². The van der Waals surface area contributed by atoms with Gasteiger partial charge in [0.25, 0.3) is 0 Å². The number of rotatable bonds is 2. The van der Waals surface area contributed by atoms with E-state index in [2.05, 4.69) is 25.1 Å². The molecule has 4 rings (SSSR count). The highest BCUT2D eigenvalue weighted by atomic mass is 16.2. The molecule has 4 heteroatoms. The number of nitrogens with zero attached hydrogens (tertiary/aromatic N) is 3. The Bertz CT molecular complexity index is 974. The van der Waals surface area contributed by atoms with Crippen LogP contribution in [-0.4, -0.2) is 28.9 Å². The number of likely N-dealkylation sites (tertiary alicyclic amines) is 1. The molecule has 2 aliphatic rings. The van der Waals surface area contributed by atoms with Crippen molar-refractivity contribution in [1.29, 1.82) is 5.26 Å². The summed E-state index contributed by atoms with van der Waals surface area (Å²) in [7, 11) is 0. The molecule has 28 heavy (non-hydrogen) atoms. The van der Waals surface area contributed by atoms with E-state index < -0.39 is 0 Å². The number of piperidine rings is 1. The molecular formula is C24H25N3O. The standard InChI is InChI=1S/C24H25N3O/c1-2-4-22(28)27-13-10-18(11-14-27)23-21-9-6-17(16-25)15-20(21)8-7-19-5-3-12-26-24(19)23/h3,5-6,9,12,15H,2,4,7-8,10-11,13-14H2,1H3. The van der Waals surface area contributed by atoms with E-state index in [-0.39, 0.29) is 5.91 Å². The van der Waals surface area contributed by atoms with Gasteiger partial charge in [0.1, 0.15) is 0 Å². The maximum atomic E-state index is 12.3. The number of hydrogen-bond acceptors (Lipinski definition) is 3. The minimum atomic E-state index is 0.269. The molecule has 4 nitrogen and oxygen atoms in total. The van der Waals surface area contributed by atoms with Crippen molar-refractivity contribution < 1.29 is 4.79 Å². The molecule has 1 saturated heterocycles. The normalized spacial score (nSPS) is 16.1. The first-order valence-electron chi connectivity index (χ1n) is 10.2. The lowest BCUT2D eigenvalue weighted by Gasteiger charge is -2.30. The molecule has 0 radical (unpaired) electrons. The van der Waals surface area contributed by atoms with Crippen LogP contribution >= 0.6 is 0 Å². The predicted molar refractivity (Wildman–Crippen MR) is 110 cm³/mol. The first kappa shape index (κ1) is 18.4. The van der Waals surface area contributed by atoms with Crippen LogP contribution in [0.5, 0.6) is 0 Å². The monoisotopic (exact) mass is 371 g/mol. The number of carbonyl (C=O) groups excluding carboxylic acids is 1. The van der Waals surface area contributed by atoms with Crippen LogP contribution in [0.15, 0.2) is 42.1 Å². The fourth-order valence-corrected chi connectivity index (χ4v) is 4.38. The topological polar surface area (TPSA) is 57.0 Å². The van der Waals surface area contributed by atoms with Gasteiger partial charge in [0.15, 0.2) is 0 Å². The first-order chi connectivity index (χ1) is 13.7. The summed E-state index contributed by atoms with van der Waals surface area (Å²) >= 11 is 0. The molecule has 2 aromatic rings. The molecule has 1 amide bonds. The Hall–Kier alpha value is -2.93. The van der Waals surface area contributed by atoms with Gasteiger partial charge in [-0.15, -0.1) is 0 Å². The molecule has 0 saturated carbocycles. The molecule has 0 unspecified atom stereocenters. The van der Waals surface area contributed by atoms with Crippen LogP contribution in [0.4, 0.5) is 0 Å². The molecule has 1 aliphatic heterocycles. The fourth-order valence-electron chi connectivity index (χ4n) is 4.38. The summed E-state index contributed by atoms with van der Waals surface area (Å²) in [6.07, 6.45) is 7.03. The number of hydrogen-bond donors (Lipinski definition) is 0. The van der Waals surface area contributed by atoms with Crippen molar-refractivity contribution in [3.8, 4) is 6.07 Å². The van der Waals surface area contributed by atoms with Gasteiger partial charge in [-0.05, 0) is 67.0 Å². The van der Waals surface area contributed by atoms with Crippen LogP contribution in [0.2, 0.25) is 0 Å². The van der Waals surface area contributed by atoms with Crippen molar-refractivity contribution in [3.63, 3.8) is 0 Å². The van der Waals surface area contributed by atoms with E-state index in [1.165, 1.54) is 27.8 Å².